The molecule has 5 nitrogen and oxygen atoms in total. The average Bonchev–Trinajstić information content (AvgIpc) is 2.79. The van der Waals surface area contributed by atoms with Gasteiger partial charge in [0.25, 0.3) is 5.91 Å². The zero-order valence-corrected chi connectivity index (χ0v) is 14.6. The Kier molecular flexibility index (Phi) is 6.27. The molecule has 0 saturated heterocycles. The van der Waals surface area contributed by atoms with Crippen LogP contribution in [0.25, 0.3) is 0 Å². The number of carbonyl (C=O) groups excluding carboxylic acids is 1. The summed E-state index contributed by atoms with van der Waals surface area (Å²) in [6.45, 7) is 5.76. The van der Waals surface area contributed by atoms with E-state index in [1.807, 2.05) is 37.3 Å². The summed E-state index contributed by atoms with van der Waals surface area (Å²) < 4.78 is 1.60. The zero-order chi connectivity index (χ0) is 16.8. The molecule has 0 aliphatic carbocycles. The van der Waals surface area contributed by atoms with E-state index in [0.29, 0.717) is 16.3 Å². The fourth-order valence-electron chi connectivity index (χ4n) is 1.84. The molecule has 2 aromatic rings. The van der Waals surface area contributed by atoms with Crippen LogP contribution in [0.1, 0.15) is 22.8 Å². The third-order valence-corrected chi connectivity index (χ3v) is 4.36. The number of halogens is 1. The van der Waals surface area contributed by atoms with Crippen molar-refractivity contribution in [1.82, 2.24) is 15.3 Å². The van der Waals surface area contributed by atoms with Crippen LogP contribution in [0.15, 0.2) is 47.5 Å². The van der Waals surface area contributed by atoms with Crippen molar-refractivity contribution < 1.29 is 9.63 Å². The third-order valence-electron chi connectivity index (χ3n) is 2.88. The van der Waals surface area contributed by atoms with E-state index in [2.05, 4.69) is 17.2 Å². The number of hydrogen-bond donors (Lipinski definition) is 1. The smallest absolute Gasteiger partial charge is 0.269 e. The zero-order valence-electron chi connectivity index (χ0n) is 13.0. The van der Waals surface area contributed by atoms with Gasteiger partial charge in [-0.05, 0) is 12.5 Å². The Labute approximate surface area is 144 Å². The first-order chi connectivity index (χ1) is 11.0. The molecular formula is C16H18ClN3O2S. The maximum absolute atomic E-state index is 12.3. The molecule has 0 atom stereocenters. The molecule has 2 rings (SSSR count). The molecule has 1 amide bonds. The summed E-state index contributed by atoms with van der Waals surface area (Å²) in [5.41, 5.74) is 4.65. The highest BCUT2D eigenvalue weighted by molar-refractivity contribution is 7.98. The molecule has 1 N–H and O–H groups in total. The van der Waals surface area contributed by atoms with Gasteiger partial charge in [0, 0.05) is 12.8 Å². The number of aromatic nitrogens is 2. The lowest BCUT2D eigenvalue weighted by Crippen LogP contribution is -2.25. The van der Waals surface area contributed by atoms with Crippen LogP contribution in [0.3, 0.4) is 0 Å². The van der Waals surface area contributed by atoms with Gasteiger partial charge in [-0.2, -0.15) is 5.10 Å². The fraction of sp³-hybridized carbons (Fsp3) is 0.250. The summed E-state index contributed by atoms with van der Waals surface area (Å²) >= 11 is 7.59. The van der Waals surface area contributed by atoms with E-state index < -0.39 is 5.91 Å². The summed E-state index contributed by atoms with van der Waals surface area (Å²) in [7, 11) is 1.75. The second-order valence-corrected chi connectivity index (χ2v) is 6.37. The SMILES string of the molecule is C=C(C)CONC(=O)c1c(Cl)nn(C)c1SCc1ccccc1. The molecular weight excluding hydrogens is 334 g/mol. The van der Waals surface area contributed by atoms with Gasteiger partial charge in [0.15, 0.2) is 5.15 Å². The molecule has 1 heterocycles. The Balaban J connectivity index is 2.10. The van der Waals surface area contributed by atoms with Crippen LogP contribution in [0.4, 0.5) is 0 Å². The maximum Gasteiger partial charge on any atom is 0.280 e. The van der Waals surface area contributed by atoms with E-state index in [1.54, 1.807) is 11.7 Å². The number of hydrogen-bond acceptors (Lipinski definition) is 4. The summed E-state index contributed by atoms with van der Waals surface area (Å²) in [5, 5.41) is 4.96. The van der Waals surface area contributed by atoms with Crippen LogP contribution in [-0.2, 0) is 17.6 Å². The number of rotatable bonds is 7. The van der Waals surface area contributed by atoms with Gasteiger partial charge >= 0.3 is 0 Å². The van der Waals surface area contributed by atoms with Crippen LogP contribution < -0.4 is 5.48 Å². The monoisotopic (exact) mass is 351 g/mol. The van der Waals surface area contributed by atoms with Gasteiger partial charge in [-0.3, -0.25) is 14.3 Å². The topological polar surface area (TPSA) is 56.1 Å². The van der Waals surface area contributed by atoms with Gasteiger partial charge in [-0.1, -0.05) is 54.1 Å². The Morgan fingerprint density at radius 2 is 2.13 bits per heavy atom. The summed E-state index contributed by atoms with van der Waals surface area (Å²) in [6, 6.07) is 9.98. The number of aryl methyl sites for hydroxylation is 1. The molecule has 0 radical (unpaired) electrons. The van der Waals surface area contributed by atoms with E-state index in [1.165, 1.54) is 11.8 Å². The van der Waals surface area contributed by atoms with Crippen molar-refractivity contribution in [1.29, 1.82) is 0 Å². The quantitative estimate of drug-likeness (QED) is 0.470. The van der Waals surface area contributed by atoms with Crippen molar-refractivity contribution in [3.8, 4) is 0 Å². The van der Waals surface area contributed by atoms with E-state index in [0.717, 1.165) is 11.1 Å². The summed E-state index contributed by atoms with van der Waals surface area (Å²) in [6.07, 6.45) is 0. The van der Waals surface area contributed by atoms with Crippen molar-refractivity contribution in [3.63, 3.8) is 0 Å². The van der Waals surface area contributed by atoms with Crippen LogP contribution in [0, 0.1) is 0 Å². The van der Waals surface area contributed by atoms with Crippen molar-refractivity contribution in [2.24, 2.45) is 7.05 Å². The normalized spacial score (nSPS) is 10.6. The van der Waals surface area contributed by atoms with Crippen molar-refractivity contribution >= 4 is 29.3 Å². The van der Waals surface area contributed by atoms with Gasteiger partial charge < -0.3 is 0 Å². The van der Waals surface area contributed by atoms with Crippen LogP contribution >= 0.6 is 23.4 Å². The van der Waals surface area contributed by atoms with Crippen LogP contribution in [-0.4, -0.2) is 22.3 Å². The standard InChI is InChI=1S/C16H18ClN3O2S/c1-11(2)9-22-19-15(21)13-14(17)18-20(3)16(13)23-10-12-7-5-4-6-8-12/h4-8H,1,9-10H2,2-3H3,(H,19,21). The van der Waals surface area contributed by atoms with Crippen molar-refractivity contribution in [3.05, 3.63) is 58.8 Å². The predicted molar refractivity (Wildman–Crippen MR) is 92.5 cm³/mol. The first kappa shape index (κ1) is 17.6. The van der Waals surface area contributed by atoms with E-state index in [4.69, 9.17) is 16.4 Å². The molecule has 1 aromatic carbocycles. The second-order valence-electron chi connectivity index (χ2n) is 5.05. The summed E-state index contributed by atoms with van der Waals surface area (Å²) in [5.74, 6) is 0.295. The molecule has 0 aliphatic rings. The number of carbonyl (C=O) groups is 1. The number of amides is 1. The lowest BCUT2D eigenvalue weighted by Gasteiger charge is -2.08. The number of thioether (sulfide) groups is 1. The summed E-state index contributed by atoms with van der Waals surface area (Å²) in [4.78, 5) is 17.4. The largest absolute Gasteiger partial charge is 0.280 e. The van der Waals surface area contributed by atoms with E-state index in [9.17, 15) is 4.79 Å². The highest BCUT2D eigenvalue weighted by atomic mass is 35.5. The number of benzene rings is 1. The highest BCUT2D eigenvalue weighted by Crippen LogP contribution is 2.30. The molecule has 0 aliphatic heterocycles. The number of nitrogens with zero attached hydrogens (tertiary/aromatic N) is 2. The molecule has 0 bridgehead atoms. The minimum Gasteiger partial charge on any atom is -0.269 e. The molecule has 122 valence electrons. The molecule has 0 spiro atoms. The predicted octanol–water partition coefficient (Wildman–Crippen LogP) is 3.60. The maximum atomic E-state index is 12.3. The lowest BCUT2D eigenvalue weighted by molar-refractivity contribution is 0.0398. The average molecular weight is 352 g/mol. The first-order valence-corrected chi connectivity index (χ1v) is 8.31. The minimum atomic E-state index is -0.417. The Bertz CT molecular complexity index is 701. The van der Waals surface area contributed by atoms with Gasteiger partial charge in [-0.15, -0.1) is 11.8 Å². The van der Waals surface area contributed by atoms with Crippen molar-refractivity contribution in [2.75, 3.05) is 6.61 Å². The Morgan fingerprint density at radius 1 is 1.43 bits per heavy atom. The Hall–Kier alpha value is -1.76. The van der Waals surface area contributed by atoms with Gasteiger partial charge in [0.2, 0.25) is 0 Å². The van der Waals surface area contributed by atoms with Gasteiger partial charge in [-0.25, -0.2) is 5.48 Å². The molecule has 0 fully saturated rings. The minimum absolute atomic E-state index is 0.152. The van der Waals surface area contributed by atoms with Gasteiger partial charge in [0.1, 0.15) is 10.6 Å². The van der Waals surface area contributed by atoms with E-state index in [-0.39, 0.29) is 11.8 Å². The Morgan fingerprint density at radius 3 is 2.78 bits per heavy atom. The second kappa shape index (κ2) is 8.19. The third kappa shape index (κ3) is 4.86. The van der Waals surface area contributed by atoms with Crippen LogP contribution in [0.2, 0.25) is 5.15 Å². The fourth-order valence-corrected chi connectivity index (χ4v) is 3.24. The molecule has 0 saturated carbocycles. The number of nitrogens with one attached hydrogen (secondary N) is 1. The molecule has 0 unspecified atom stereocenters. The lowest BCUT2D eigenvalue weighted by atomic mass is 10.2. The van der Waals surface area contributed by atoms with Gasteiger partial charge in [0.05, 0.1) is 6.61 Å². The molecule has 23 heavy (non-hydrogen) atoms. The van der Waals surface area contributed by atoms with Crippen LogP contribution in [0.5, 0.6) is 0 Å². The number of hydroxylamine groups is 1. The first-order valence-electron chi connectivity index (χ1n) is 6.94. The molecule has 1 aromatic heterocycles. The van der Waals surface area contributed by atoms with Crippen molar-refractivity contribution in [2.45, 2.75) is 17.7 Å². The highest BCUT2D eigenvalue weighted by Gasteiger charge is 2.22. The molecule has 7 heteroatoms. The van der Waals surface area contributed by atoms with E-state index >= 15 is 0 Å².